The first kappa shape index (κ1) is 17.1. The van der Waals surface area contributed by atoms with Gasteiger partial charge in [0.2, 0.25) is 5.95 Å². The van der Waals surface area contributed by atoms with Crippen LogP contribution in [0.1, 0.15) is 33.5 Å². The van der Waals surface area contributed by atoms with Gasteiger partial charge >= 0.3 is 5.97 Å². The Morgan fingerprint density at radius 2 is 2.21 bits per heavy atom. The predicted molar refractivity (Wildman–Crippen MR) is 93.2 cm³/mol. The van der Waals surface area contributed by atoms with Crippen LogP contribution < -0.4 is 5.32 Å². The number of fused-ring (bicyclic) bond motifs is 1. The summed E-state index contributed by atoms with van der Waals surface area (Å²) in [5, 5.41) is 4.04. The number of halogens is 1. The van der Waals surface area contributed by atoms with E-state index in [0.29, 0.717) is 33.4 Å². The molecule has 0 amide bonds. The second-order valence-corrected chi connectivity index (χ2v) is 6.89. The Labute approximate surface area is 149 Å². The number of aromatic nitrogens is 3. The zero-order chi connectivity index (χ0) is 17.3. The number of aryl methyl sites for hydroxylation is 1. The highest BCUT2D eigenvalue weighted by atomic mass is 35.5. The van der Waals surface area contributed by atoms with Gasteiger partial charge in [-0.3, -0.25) is 5.32 Å². The fourth-order valence-electron chi connectivity index (χ4n) is 2.50. The van der Waals surface area contributed by atoms with Gasteiger partial charge in [0.05, 0.1) is 18.0 Å². The van der Waals surface area contributed by atoms with Crippen molar-refractivity contribution in [2.45, 2.75) is 26.8 Å². The number of carbonyl (C=O) groups is 1. The summed E-state index contributed by atoms with van der Waals surface area (Å²) in [5.74, 6) is 0.0282. The molecule has 3 heterocycles. The Morgan fingerprint density at radius 1 is 1.42 bits per heavy atom. The van der Waals surface area contributed by atoms with Crippen LogP contribution in [0.15, 0.2) is 0 Å². The summed E-state index contributed by atoms with van der Waals surface area (Å²) in [4.78, 5) is 27.7. The number of anilines is 2. The number of hydrogen-bond acceptors (Lipinski definition) is 8. The van der Waals surface area contributed by atoms with Gasteiger partial charge in [-0.25, -0.2) is 19.7 Å². The molecule has 1 N–H and O–H groups in total. The van der Waals surface area contributed by atoms with Crippen LogP contribution in [0.3, 0.4) is 0 Å². The fourth-order valence-corrected chi connectivity index (χ4v) is 3.60. The molecule has 2 aromatic rings. The fraction of sp³-hybridized carbons (Fsp3) is 0.467. The van der Waals surface area contributed by atoms with E-state index in [-0.39, 0.29) is 5.97 Å². The Balaban J connectivity index is 1.83. The number of nitrogens with one attached hydrogen (secondary N) is 1. The molecule has 128 valence electrons. The molecule has 24 heavy (non-hydrogen) atoms. The molecule has 0 bridgehead atoms. The van der Waals surface area contributed by atoms with Crippen LogP contribution in [0.25, 0.3) is 0 Å². The van der Waals surface area contributed by atoms with E-state index >= 15 is 0 Å². The standard InChI is InChI=1S/C15H18ClN5O2S/c1-4-23-13(22)11-8(2)17-15(24-11)20-14-18-10-5-6-21(3)7-9(10)12(16)19-14/h4-7H2,1-3H3,(H,17,18,19,20). The van der Waals surface area contributed by atoms with Crippen molar-refractivity contribution in [3.63, 3.8) is 0 Å². The van der Waals surface area contributed by atoms with Crippen LogP contribution in [-0.4, -0.2) is 46.0 Å². The van der Waals surface area contributed by atoms with E-state index in [1.54, 1.807) is 13.8 Å². The minimum Gasteiger partial charge on any atom is -0.462 e. The molecule has 2 aromatic heterocycles. The number of carbonyl (C=O) groups excluding carboxylic acids is 1. The Bertz CT molecular complexity index is 779. The van der Waals surface area contributed by atoms with Crippen molar-refractivity contribution in [1.82, 2.24) is 19.9 Å². The summed E-state index contributed by atoms with van der Waals surface area (Å²) >= 11 is 7.52. The van der Waals surface area contributed by atoms with Crippen LogP contribution in [0.2, 0.25) is 5.15 Å². The maximum absolute atomic E-state index is 11.9. The van der Waals surface area contributed by atoms with Crippen molar-refractivity contribution in [3.8, 4) is 0 Å². The van der Waals surface area contributed by atoms with Crippen LogP contribution in [0.4, 0.5) is 11.1 Å². The molecule has 9 heteroatoms. The summed E-state index contributed by atoms with van der Waals surface area (Å²) in [6, 6.07) is 0. The third-order valence-corrected chi connectivity index (χ3v) is 5.04. The smallest absolute Gasteiger partial charge is 0.350 e. The van der Waals surface area contributed by atoms with Crippen LogP contribution in [-0.2, 0) is 17.7 Å². The summed E-state index contributed by atoms with van der Waals surface area (Å²) < 4.78 is 5.02. The molecule has 0 fully saturated rings. The topological polar surface area (TPSA) is 80.2 Å². The van der Waals surface area contributed by atoms with Gasteiger partial charge in [-0.05, 0) is 20.9 Å². The molecule has 0 aromatic carbocycles. The van der Waals surface area contributed by atoms with E-state index in [2.05, 4.69) is 25.2 Å². The van der Waals surface area contributed by atoms with Gasteiger partial charge in [0.1, 0.15) is 10.0 Å². The van der Waals surface area contributed by atoms with Gasteiger partial charge in [-0.1, -0.05) is 22.9 Å². The lowest BCUT2D eigenvalue weighted by atomic mass is 10.1. The van der Waals surface area contributed by atoms with E-state index in [1.165, 1.54) is 11.3 Å². The number of ether oxygens (including phenoxy) is 1. The average molecular weight is 368 g/mol. The van der Waals surface area contributed by atoms with Gasteiger partial charge in [-0.15, -0.1) is 0 Å². The third-order valence-electron chi connectivity index (χ3n) is 3.68. The van der Waals surface area contributed by atoms with Gasteiger partial charge in [-0.2, -0.15) is 0 Å². The normalized spacial score (nSPS) is 14.3. The molecule has 0 radical (unpaired) electrons. The molecule has 0 spiro atoms. The van der Waals surface area contributed by atoms with Gasteiger partial charge < -0.3 is 9.64 Å². The maximum atomic E-state index is 11.9. The Hall–Kier alpha value is -1.77. The Kier molecular flexibility index (Phi) is 4.98. The quantitative estimate of drug-likeness (QED) is 0.657. The first-order valence-corrected chi connectivity index (χ1v) is 8.82. The van der Waals surface area contributed by atoms with Crippen LogP contribution in [0.5, 0.6) is 0 Å². The maximum Gasteiger partial charge on any atom is 0.350 e. The molecule has 3 rings (SSSR count). The molecule has 0 unspecified atom stereocenters. The summed E-state index contributed by atoms with van der Waals surface area (Å²) in [7, 11) is 2.04. The highest BCUT2D eigenvalue weighted by Gasteiger charge is 2.21. The first-order valence-electron chi connectivity index (χ1n) is 7.63. The highest BCUT2D eigenvalue weighted by molar-refractivity contribution is 7.17. The van der Waals surface area contributed by atoms with E-state index < -0.39 is 0 Å². The SMILES string of the molecule is CCOC(=O)c1sc(Nc2nc(Cl)c3c(n2)CCN(C)C3)nc1C. The average Bonchev–Trinajstić information content (AvgIpc) is 2.89. The van der Waals surface area contributed by atoms with E-state index in [4.69, 9.17) is 16.3 Å². The number of esters is 1. The summed E-state index contributed by atoms with van der Waals surface area (Å²) in [5.41, 5.74) is 2.54. The minimum absolute atomic E-state index is 0.330. The van der Waals surface area contributed by atoms with E-state index in [1.807, 2.05) is 7.05 Å². The third kappa shape index (κ3) is 3.50. The Morgan fingerprint density at radius 3 is 2.96 bits per heavy atom. The molecule has 0 aliphatic carbocycles. The van der Waals surface area contributed by atoms with Crippen molar-refractivity contribution >= 4 is 40.0 Å². The first-order chi connectivity index (χ1) is 11.5. The molecule has 0 saturated carbocycles. The second-order valence-electron chi connectivity index (χ2n) is 5.53. The van der Waals surface area contributed by atoms with Crippen molar-refractivity contribution in [2.24, 2.45) is 0 Å². The number of thiazole rings is 1. The van der Waals surface area contributed by atoms with Crippen LogP contribution in [0, 0.1) is 6.92 Å². The number of likely N-dealkylation sites (N-methyl/N-ethyl adjacent to an activating group) is 1. The largest absolute Gasteiger partial charge is 0.462 e. The molecule has 1 aliphatic rings. The summed E-state index contributed by atoms with van der Waals surface area (Å²) in [6.45, 7) is 5.55. The van der Waals surface area contributed by atoms with Gasteiger partial charge in [0.15, 0.2) is 5.13 Å². The molecular formula is C15H18ClN5O2S. The zero-order valence-corrected chi connectivity index (χ0v) is 15.3. The number of hydrogen-bond donors (Lipinski definition) is 1. The molecule has 1 aliphatic heterocycles. The van der Waals surface area contributed by atoms with Crippen molar-refractivity contribution in [3.05, 3.63) is 27.0 Å². The van der Waals surface area contributed by atoms with Crippen molar-refractivity contribution in [2.75, 3.05) is 25.5 Å². The van der Waals surface area contributed by atoms with Crippen molar-refractivity contribution < 1.29 is 9.53 Å². The molecule has 7 nitrogen and oxygen atoms in total. The van der Waals surface area contributed by atoms with E-state index in [9.17, 15) is 4.79 Å². The lowest BCUT2D eigenvalue weighted by molar-refractivity contribution is 0.0531. The second kappa shape index (κ2) is 7.00. The molecule has 0 saturated heterocycles. The van der Waals surface area contributed by atoms with Gasteiger partial charge in [0.25, 0.3) is 0 Å². The monoisotopic (exact) mass is 367 g/mol. The predicted octanol–water partition coefficient (Wildman–Crippen LogP) is 2.80. The molecular weight excluding hydrogens is 350 g/mol. The summed E-state index contributed by atoms with van der Waals surface area (Å²) in [6.07, 6.45) is 0.827. The minimum atomic E-state index is -0.368. The highest BCUT2D eigenvalue weighted by Crippen LogP contribution is 2.28. The van der Waals surface area contributed by atoms with Crippen molar-refractivity contribution in [1.29, 1.82) is 0 Å². The number of nitrogens with zero attached hydrogens (tertiary/aromatic N) is 4. The molecule has 0 atom stereocenters. The lowest BCUT2D eigenvalue weighted by Crippen LogP contribution is -2.28. The number of rotatable bonds is 4. The van der Waals surface area contributed by atoms with Crippen LogP contribution >= 0.6 is 22.9 Å². The lowest BCUT2D eigenvalue weighted by Gasteiger charge is -2.24. The zero-order valence-electron chi connectivity index (χ0n) is 13.7. The van der Waals surface area contributed by atoms with Gasteiger partial charge in [0, 0.05) is 25.1 Å². The van der Waals surface area contributed by atoms with E-state index in [0.717, 1.165) is 30.8 Å².